The molecule has 1 aliphatic heterocycles. The van der Waals surface area contributed by atoms with Gasteiger partial charge >= 0.3 is 0 Å². The second-order valence-corrected chi connectivity index (χ2v) is 5.94. The molecule has 5 heteroatoms. The predicted molar refractivity (Wildman–Crippen MR) is 84.1 cm³/mol. The Morgan fingerprint density at radius 3 is 2.75 bits per heavy atom. The van der Waals surface area contributed by atoms with Crippen LogP contribution in [0.4, 0.5) is 5.69 Å². The molecule has 2 N–H and O–H groups in total. The summed E-state index contributed by atoms with van der Waals surface area (Å²) in [4.78, 5) is 11.8. The summed E-state index contributed by atoms with van der Waals surface area (Å²) < 4.78 is 0.964. The van der Waals surface area contributed by atoms with Crippen molar-refractivity contribution in [3.8, 4) is 0 Å². The van der Waals surface area contributed by atoms with Crippen molar-refractivity contribution in [3.63, 3.8) is 0 Å². The highest BCUT2D eigenvalue weighted by atomic mass is 79.9. The fraction of sp³-hybridized carbons (Fsp3) is 0.133. The van der Waals surface area contributed by atoms with Crippen molar-refractivity contribution in [2.24, 2.45) is 0 Å². The summed E-state index contributed by atoms with van der Waals surface area (Å²) in [6.07, 6.45) is 0. The van der Waals surface area contributed by atoms with E-state index in [1.165, 1.54) is 0 Å². The van der Waals surface area contributed by atoms with Crippen molar-refractivity contribution < 1.29 is 4.79 Å². The lowest BCUT2D eigenvalue weighted by molar-refractivity contribution is -0.115. The van der Waals surface area contributed by atoms with Gasteiger partial charge in [0.05, 0.1) is 12.6 Å². The van der Waals surface area contributed by atoms with E-state index in [9.17, 15) is 4.79 Å². The van der Waals surface area contributed by atoms with Crippen LogP contribution >= 0.6 is 27.5 Å². The van der Waals surface area contributed by atoms with E-state index in [4.69, 9.17) is 11.6 Å². The quantitative estimate of drug-likeness (QED) is 0.822. The molecule has 0 saturated heterocycles. The number of nitrogens with one attached hydrogen (secondary N) is 2. The van der Waals surface area contributed by atoms with Gasteiger partial charge in [0.25, 0.3) is 0 Å². The zero-order valence-electron chi connectivity index (χ0n) is 10.5. The minimum Gasteiger partial charge on any atom is -0.325 e. The molecule has 2 aromatic rings. The van der Waals surface area contributed by atoms with Gasteiger partial charge in [-0.2, -0.15) is 0 Å². The van der Waals surface area contributed by atoms with E-state index >= 15 is 0 Å². The van der Waals surface area contributed by atoms with Crippen LogP contribution in [0.3, 0.4) is 0 Å². The Kier molecular flexibility index (Phi) is 3.78. The first-order valence-corrected chi connectivity index (χ1v) is 7.39. The molecule has 0 unspecified atom stereocenters. The molecule has 20 heavy (non-hydrogen) atoms. The maximum atomic E-state index is 11.8. The molecule has 0 aromatic heterocycles. The summed E-state index contributed by atoms with van der Waals surface area (Å²) in [5, 5.41) is 6.84. The van der Waals surface area contributed by atoms with E-state index in [-0.39, 0.29) is 18.5 Å². The van der Waals surface area contributed by atoms with E-state index in [2.05, 4.69) is 26.6 Å². The number of hydrogen-bond acceptors (Lipinski definition) is 2. The number of carbonyl (C=O) groups is 1. The van der Waals surface area contributed by atoms with Gasteiger partial charge in [-0.05, 0) is 35.4 Å². The molecule has 2 aromatic carbocycles. The molecule has 0 bridgehead atoms. The van der Waals surface area contributed by atoms with Gasteiger partial charge in [-0.15, -0.1) is 0 Å². The number of rotatable bonds is 1. The van der Waals surface area contributed by atoms with Gasteiger partial charge in [-0.25, -0.2) is 0 Å². The Hall–Kier alpha value is -1.36. The van der Waals surface area contributed by atoms with E-state index in [1.54, 1.807) is 0 Å². The summed E-state index contributed by atoms with van der Waals surface area (Å²) in [6.45, 7) is 0.252. The third-order valence-electron chi connectivity index (χ3n) is 3.28. The van der Waals surface area contributed by atoms with Crippen molar-refractivity contribution in [2.45, 2.75) is 6.04 Å². The van der Waals surface area contributed by atoms with Gasteiger partial charge in [0, 0.05) is 15.2 Å². The van der Waals surface area contributed by atoms with E-state index in [0.29, 0.717) is 5.02 Å². The second-order valence-electron chi connectivity index (χ2n) is 4.62. The number of carbonyl (C=O) groups excluding carboxylic acids is 1. The molecule has 3 nitrogen and oxygen atoms in total. The Morgan fingerprint density at radius 1 is 1.15 bits per heavy atom. The van der Waals surface area contributed by atoms with Gasteiger partial charge in [0.15, 0.2) is 0 Å². The van der Waals surface area contributed by atoms with Gasteiger partial charge in [0.1, 0.15) is 0 Å². The first-order valence-electron chi connectivity index (χ1n) is 6.22. The maximum absolute atomic E-state index is 11.8. The minimum atomic E-state index is -0.116. The van der Waals surface area contributed by atoms with Crippen LogP contribution in [0.5, 0.6) is 0 Å². The standard InChI is InChI=1S/C15H12BrClN2O/c16-9-5-6-13-11(7-9)15(18-8-14(20)19-13)10-3-1-2-4-12(10)17/h1-7,15,18H,8H2,(H,19,20)/t15-/m1/s1. The largest absolute Gasteiger partial charge is 0.325 e. The molecular formula is C15H12BrClN2O. The number of amides is 1. The first kappa shape index (κ1) is 13.6. The van der Waals surface area contributed by atoms with Crippen LogP contribution in [-0.4, -0.2) is 12.5 Å². The summed E-state index contributed by atoms with van der Waals surface area (Å²) >= 11 is 9.77. The lowest BCUT2D eigenvalue weighted by Crippen LogP contribution is -2.27. The van der Waals surface area contributed by atoms with Crippen molar-refractivity contribution in [1.82, 2.24) is 5.32 Å². The van der Waals surface area contributed by atoms with Crippen molar-refractivity contribution in [2.75, 3.05) is 11.9 Å². The topological polar surface area (TPSA) is 41.1 Å². The third-order valence-corrected chi connectivity index (χ3v) is 4.12. The number of benzene rings is 2. The van der Waals surface area contributed by atoms with E-state index < -0.39 is 0 Å². The predicted octanol–water partition coefficient (Wildman–Crippen LogP) is 3.73. The number of fused-ring (bicyclic) bond motifs is 1. The summed E-state index contributed by atoms with van der Waals surface area (Å²) in [6, 6.07) is 13.4. The van der Waals surface area contributed by atoms with Crippen LogP contribution in [0, 0.1) is 0 Å². The lowest BCUT2D eigenvalue weighted by atomic mass is 9.97. The number of anilines is 1. The molecule has 0 fully saturated rings. The SMILES string of the molecule is O=C1CN[C@H](c2ccccc2Cl)c2cc(Br)ccc2N1. The van der Waals surface area contributed by atoms with Crippen molar-refractivity contribution in [3.05, 3.63) is 63.1 Å². The van der Waals surface area contributed by atoms with E-state index in [1.807, 2.05) is 42.5 Å². The van der Waals surface area contributed by atoms with Crippen LogP contribution < -0.4 is 10.6 Å². The molecule has 0 aliphatic carbocycles. The zero-order valence-corrected chi connectivity index (χ0v) is 12.8. The summed E-state index contributed by atoms with van der Waals surface area (Å²) in [5.74, 6) is -0.0527. The average molecular weight is 352 g/mol. The van der Waals surface area contributed by atoms with Crippen LogP contribution in [0.1, 0.15) is 17.2 Å². The third kappa shape index (κ3) is 2.59. The molecule has 0 radical (unpaired) electrons. The maximum Gasteiger partial charge on any atom is 0.238 e. The first-order chi connectivity index (χ1) is 9.65. The van der Waals surface area contributed by atoms with Crippen LogP contribution in [0.25, 0.3) is 0 Å². The minimum absolute atomic E-state index is 0.0527. The highest BCUT2D eigenvalue weighted by Crippen LogP contribution is 2.35. The van der Waals surface area contributed by atoms with Crippen LogP contribution in [-0.2, 0) is 4.79 Å². The summed E-state index contributed by atoms with van der Waals surface area (Å²) in [7, 11) is 0. The fourth-order valence-corrected chi connectivity index (χ4v) is 3.00. The molecule has 0 saturated carbocycles. The zero-order chi connectivity index (χ0) is 14.1. The second kappa shape index (κ2) is 5.56. The van der Waals surface area contributed by atoms with Gasteiger partial charge in [-0.1, -0.05) is 45.7 Å². The van der Waals surface area contributed by atoms with Crippen molar-refractivity contribution in [1.29, 1.82) is 0 Å². The highest BCUT2D eigenvalue weighted by molar-refractivity contribution is 9.10. The van der Waals surface area contributed by atoms with Gasteiger partial charge in [-0.3, -0.25) is 10.1 Å². The lowest BCUT2D eigenvalue weighted by Gasteiger charge is -2.20. The normalized spacial score (nSPS) is 18.1. The molecule has 1 aliphatic rings. The molecule has 102 valence electrons. The monoisotopic (exact) mass is 350 g/mol. The van der Waals surface area contributed by atoms with Gasteiger partial charge in [0.2, 0.25) is 5.91 Å². The summed E-state index contributed by atoms with van der Waals surface area (Å²) in [5.41, 5.74) is 2.77. The van der Waals surface area contributed by atoms with Crippen LogP contribution in [0.15, 0.2) is 46.9 Å². The molecule has 1 heterocycles. The molecular weight excluding hydrogens is 340 g/mol. The highest BCUT2D eigenvalue weighted by Gasteiger charge is 2.24. The Bertz CT molecular complexity index is 675. The van der Waals surface area contributed by atoms with E-state index in [0.717, 1.165) is 21.3 Å². The van der Waals surface area contributed by atoms with Gasteiger partial charge < -0.3 is 5.32 Å². The molecule has 1 atom stereocenters. The molecule has 3 rings (SSSR count). The molecule has 1 amide bonds. The fourth-order valence-electron chi connectivity index (χ4n) is 2.37. The Labute approximate surface area is 130 Å². The molecule has 0 spiro atoms. The Balaban J connectivity index is 2.15. The average Bonchev–Trinajstić information content (AvgIpc) is 2.58. The van der Waals surface area contributed by atoms with Crippen LogP contribution in [0.2, 0.25) is 5.02 Å². The number of halogens is 2. The van der Waals surface area contributed by atoms with Crippen molar-refractivity contribution >= 4 is 39.1 Å². The smallest absolute Gasteiger partial charge is 0.238 e. The number of hydrogen-bond donors (Lipinski definition) is 2. The Morgan fingerprint density at radius 2 is 1.95 bits per heavy atom.